The van der Waals surface area contributed by atoms with Crippen LogP contribution in [0.15, 0.2) is 30.3 Å². The van der Waals surface area contributed by atoms with Crippen molar-refractivity contribution in [1.82, 2.24) is 10.6 Å². The van der Waals surface area contributed by atoms with Crippen molar-refractivity contribution in [3.63, 3.8) is 0 Å². The molecule has 1 aromatic carbocycles. The molecular formula is C21H28N2O8. The second-order valence-corrected chi connectivity index (χ2v) is 6.64. The Morgan fingerprint density at radius 1 is 0.968 bits per heavy atom. The van der Waals surface area contributed by atoms with Crippen LogP contribution in [0.5, 0.6) is 0 Å². The molecule has 0 saturated carbocycles. The topological polar surface area (TPSA) is 148 Å². The number of carboxylic acid groups (broad SMARTS) is 1. The molecule has 0 bridgehead atoms. The molecule has 0 aliphatic rings. The minimum Gasteiger partial charge on any atom is -0.480 e. The summed E-state index contributed by atoms with van der Waals surface area (Å²) in [5.41, 5.74) is 0.733. The highest BCUT2D eigenvalue weighted by atomic mass is 16.5. The first-order chi connectivity index (χ1) is 14.7. The van der Waals surface area contributed by atoms with Gasteiger partial charge in [-0.2, -0.15) is 0 Å². The molecule has 1 aromatic rings. The number of carbonyl (C=O) groups excluding carboxylic acids is 4. The van der Waals surface area contributed by atoms with E-state index in [1.54, 1.807) is 37.3 Å². The van der Waals surface area contributed by atoms with Crippen molar-refractivity contribution >= 4 is 29.7 Å². The largest absolute Gasteiger partial charge is 0.480 e. The number of ether oxygens (including phenoxy) is 2. The summed E-state index contributed by atoms with van der Waals surface area (Å²) < 4.78 is 9.69. The molecule has 10 nitrogen and oxygen atoms in total. The van der Waals surface area contributed by atoms with Crippen molar-refractivity contribution in [3.8, 4) is 0 Å². The van der Waals surface area contributed by atoms with E-state index in [2.05, 4.69) is 10.6 Å². The molecule has 0 fully saturated rings. The van der Waals surface area contributed by atoms with Crippen molar-refractivity contribution < 1.29 is 38.6 Å². The van der Waals surface area contributed by atoms with Gasteiger partial charge in [0.2, 0.25) is 11.8 Å². The zero-order chi connectivity index (χ0) is 23.4. The monoisotopic (exact) mass is 436 g/mol. The van der Waals surface area contributed by atoms with Crippen LogP contribution >= 0.6 is 0 Å². The average molecular weight is 436 g/mol. The first-order valence-corrected chi connectivity index (χ1v) is 9.86. The molecule has 1 rings (SSSR count). The first-order valence-electron chi connectivity index (χ1n) is 9.86. The number of nitrogens with one attached hydrogen (secondary N) is 2. The summed E-state index contributed by atoms with van der Waals surface area (Å²) in [6.45, 7) is 4.32. The molecule has 0 aliphatic carbocycles. The van der Waals surface area contributed by atoms with Gasteiger partial charge >= 0.3 is 17.9 Å². The van der Waals surface area contributed by atoms with Crippen molar-refractivity contribution in [3.05, 3.63) is 35.9 Å². The second kappa shape index (κ2) is 13.0. The third-order valence-corrected chi connectivity index (χ3v) is 4.22. The van der Waals surface area contributed by atoms with Gasteiger partial charge in [-0.1, -0.05) is 30.3 Å². The molecule has 0 aromatic heterocycles. The van der Waals surface area contributed by atoms with Gasteiger partial charge in [-0.3, -0.25) is 19.2 Å². The summed E-state index contributed by atoms with van der Waals surface area (Å²) in [7, 11) is 0. The fraction of sp³-hybridized carbons (Fsp3) is 0.476. The predicted molar refractivity (Wildman–Crippen MR) is 109 cm³/mol. The fourth-order valence-electron chi connectivity index (χ4n) is 2.88. The van der Waals surface area contributed by atoms with Crippen molar-refractivity contribution in [1.29, 1.82) is 0 Å². The Labute approximate surface area is 180 Å². The molecule has 0 unspecified atom stereocenters. The van der Waals surface area contributed by atoms with Gasteiger partial charge in [0, 0.05) is 13.3 Å². The van der Waals surface area contributed by atoms with Crippen LogP contribution in [0, 0.1) is 5.92 Å². The Morgan fingerprint density at radius 3 is 2.10 bits per heavy atom. The standard InChI is InChI=1S/C21H28N2O8/c1-4-30-17(25)12-15(21(29)31-5-2)18(20(27)28)23-19(26)16(22-13(3)24)11-14-9-7-6-8-10-14/h6-10,15-16,18H,4-5,11-12H2,1-3H3,(H,22,24)(H,23,26)(H,27,28)/t15-,16+,18+/m1/s1. The molecule has 0 saturated heterocycles. The molecule has 0 radical (unpaired) electrons. The van der Waals surface area contributed by atoms with Crippen LogP contribution in [0.25, 0.3) is 0 Å². The Morgan fingerprint density at radius 2 is 1.58 bits per heavy atom. The maximum absolute atomic E-state index is 12.8. The van der Waals surface area contributed by atoms with Gasteiger partial charge in [-0.25, -0.2) is 4.79 Å². The minimum absolute atomic E-state index is 0.0407. The quantitative estimate of drug-likeness (QED) is 0.400. The highest BCUT2D eigenvalue weighted by molar-refractivity contribution is 5.93. The number of aliphatic carboxylic acids is 1. The lowest BCUT2D eigenvalue weighted by Crippen LogP contribution is -2.55. The zero-order valence-corrected chi connectivity index (χ0v) is 17.8. The van der Waals surface area contributed by atoms with E-state index < -0.39 is 54.1 Å². The summed E-state index contributed by atoms with van der Waals surface area (Å²) in [5.74, 6) is -6.10. The molecule has 0 heterocycles. The molecular weight excluding hydrogens is 408 g/mol. The number of esters is 2. The Hall–Kier alpha value is -3.43. The summed E-state index contributed by atoms with van der Waals surface area (Å²) in [5, 5.41) is 14.4. The second-order valence-electron chi connectivity index (χ2n) is 6.64. The van der Waals surface area contributed by atoms with Gasteiger partial charge in [0.05, 0.1) is 25.6 Å². The van der Waals surface area contributed by atoms with E-state index >= 15 is 0 Å². The van der Waals surface area contributed by atoms with E-state index in [9.17, 15) is 29.1 Å². The smallest absolute Gasteiger partial charge is 0.327 e. The number of carboxylic acids is 1. The Balaban J connectivity index is 3.11. The summed E-state index contributed by atoms with van der Waals surface area (Å²) >= 11 is 0. The lowest BCUT2D eigenvalue weighted by molar-refractivity contribution is -0.160. The molecule has 10 heteroatoms. The number of benzene rings is 1. The molecule has 0 spiro atoms. The third kappa shape index (κ3) is 8.85. The molecule has 2 amide bonds. The Kier molecular flexibility index (Phi) is 10.7. The van der Waals surface area contributed by atoms with Crippen molar-refractivity contribution in [2.75, 3.05) is 13.2 Å². The van der Waals surface area contributed by atoms with Crippen LogP contribution in [-0.2, 0) is 39.9 Å². The van der Waals surface area contributed by atoms with Gasteiger partial charge in [0.25, 0.3) is 0 Å². The third-order valence-electron chi connectivity index (χ3n) is 4.22. The Bertz CT molecular complexity index is 781. The van der Waals surface area contributed by atoms with E-state index in [-0.39, 0.29) is 19.6 Å². The normalized spacial score (nSPS) is 13.3. The number of hydrogen-bond donors (Lipinski definition) is 3. The maximum atomic E-state index is 12.8. The SMILES string of the molecule is CCOC(=O)C[C@@H](C(=O)OCC)[C@H](NC(=O)[C@H](Cc1ccccc1)NC(C)=O)C(=O)O. The highest BCUT2D eigenvalue weighted by Crippen LogP contribution is 2.15. The van der Waals surface area contributed by atoms with Gasteiger partial charge in [-0.05, 0) is 19.4 Å². The van der Waals surface area contributed by atoms with E-state index in [0.29, 0.717) is 0 Å². The molecule has 31 heavy (non-hydrogen) atoms. The van der Waals surface area contributed by atoms with E-state index in [4.69, 9.17) is 9.47 Å². The van der Waals surface area contributed by atoms with Crippen LogP contribution < -0.4 is 10.6 Å². The summed E-state index contributed by atoms with van der Waals surface area (Å²) in [6, 6.07) is 5.95. The van der Waals surface area contributed by atoms with Gasteiger partial charge in [0.15, 0.2) is 0 Å². The van der Waals surface area contributed by atoms with E-state index in [0.717, 1.165) is 5.56 Å². The summed E-state index contributed by atoms with van der Waals surface area (Å²) in [4.78, 5) is 60.5. The number of carbonyl (C=O) groups is 5. The van der Waals surface area contributed by atoms with E-state index in [1.165, 1.54) is 13.8 Å². The van der Waals surface area contributed by atoms with Crippen LogP contribution in [0.2, 0.25) is 0 Å². The predicted octanol–water partition coefficient (Wildman–Crippen LogP) is 0.436. The first kappa shape index (κ1) is 25.6. The zero-order valence-electron chi connectivity index (χ0n) is 17.8. The molecule has 170 valence electrons. The summed E-state index contributed by atoms with van der Waals surface area (Å²) in [6.07, 6.45) is -0.492. The fourth-order valence-corrected chi connectivity index (χ4v) is 2.88. The molecule has 3 atom stereocenters. The van der Waals surface area contributed by atoms with E-state index in [1.807, 2.05) is 0 Å². The van der Waals surface area contributed by atoms with Gasteiger partial charge in [0.1, 0.15) is 12.1 Å². The van der Waals surface area contributed by atoms with Crippen molar-refractivity contribution in [2.24, 2.45) is 5.92 Å². The minimum atomic E-state index is -1.76. The van der Waals surface area contributed by atoms with Crippen LogP contribution in [0.3, 0.4) is 0 Å². The van der Waals surface area contributed by atoms with Crippen molar-refractivity contribution in [2.45, 2.75) is 45.7 Å². The molecule has 3 N–H and O–H groups in total. The van der Waals surface area contributed by atoms with Crippen LogP contribution in [0.1, 0.15) is 32.8 Å². The van der Waals surface area contributed by atoms with Crippen LogP contribution in [0.4, 0.5) is 0 Å². The number of amides is 2. The number of rotatable bonds is 12. The lowest BCUT2D eigenvalue weighted by atomic mass is 9.95. The number of hydrogen-bond acceptors (Lipinski definition) is 7. The maximum Gasteiger partial charge on any atom is 0.327 e. The highest BCUT2D eigenvalue weighted by Gasteiger charge is 2.39. The molecule has 0 aliphatic heterocycles. The van der Waals surface area contributed by atoms with Crippen LogP contribution in [-0.4, -0.2) is 60.1 Å². The average Bonchev–Trinajstić information content (AvgIpc) is 2.70. The lowest BCUT2D eigenvalue weighted by Gasteiger charge is -2.25. The van der Waals surface area contributed by atoms with Gasteiger partial charge < -0.3 is 25.2 Å². The van der Waals surface area contributed by atoms with Gasteiger partial charge in [-0.15, -0.1) is 0 Å².